The summed E-state index contributed by atoms with van der Waals surface area (Å²) in [6.45, 7) is 2.06. The number of hydrazone groups is 1. The summed E-state index contributed by atoms with van der Waals surface area (Å²) in [5.74, 6) is -0.904. The van der Waals surface area contributed by atoms with Gasteiger partial charge in [-0.05, 0) is 41.7 Å². The number of nitro groups is 1. The third-order valence-corrected chi connectivity index (χ3v) is 4.09. The van der Waals surface area contributed by atoms with E-state index in [9.17, 15) is 25.1 Å². The van der Waals surface area contributed by atoms with Gasteiger partial charge in [0.1, 0.15) is 11.5 Å². The molecule has 0 spiro atoms. The Kier molecular flexibility index (Phi) is 5.54. The smallest absolute Gasteiger partial charge is 0.390 e. The number of hydrogen-bond acceptors (Lipinski definition) is 7. The maximum absolute atomic E-state index is 12.2. The SMILES string of the molecule is Cc1cc([N+](=O)[O-])nn1Cc1ccc(C(=O)NN=Cc2ccc(O)cc2O)cc1. The molecule has 0 unspecified atom stereocenters. The first-order valence-electron chi connectivity index (χ1n) is 8.46. The number of benzene rings is 2. The Hall–Kier alpha value is -4.21. The second-order valence-corrected chi connectivity index (χ2v) is 6.20. The van der Waals surface area contributed by atoms with Crippen molar-refractivity contribution in [2.24, 2.45) is 5.10 Å². The number of carbonyl (C=O) groups is 1. The van der Waals surface area contributed by atoms with Crippen molar-refractivity contribution in [1.82, 2.24) is 15.2 Å². The zero-order valence-electron chi connectivity index (χ0n) is 15.3. The standard InChI is InChI=1S/C19H17N5O5/c1-12-8-18(24(28)29)22-23(12)11-13-2-4-14(5-3-13)19(27)21-20-10-15-6-7-16(25)9-17(15)26/h2-10,25-26H,11H2,1H3,(H,21,27). The molecule has 0 aliphatic rings. The van der Waals surface area contributed by atoms with Crippen molar-refractivity contribution in [2.45, 2.75) is 13.5 Å². The van der Waals surface area contributed by atoms with Gasteiger partial charge in [-0.2, -0.15) is 9.78 Å². The Morgan fingerprint density at radius 1 is 1.24 bits per heavy atom. The van der Waals surface area contributed by atoms with E-state index in [1.54, 1.807) is 31.2 Å². The monoisotopic (exact) mass is 395 g/mol. The fourth-order valence-electron chi connectivity index (χ4n) is 2.54. The lowest BCUT2D eigenvalue weighted by molar-refractivity contribution is -0.389. The molecule has 0 saturated carbocycles. The molecule has 1 amide bonds. The van der Waals surface area contributed by atoms with Gasteiger partial charge in [0.25, 0.3) is 5.91 Å². The summed E-state index contributed by atoms with van der Waals surface area (Å²) in [4.78, 5) is 22.4. The van der Waals surface area contributed by atoms with Crippen LogP contribution in [0.25, 0.3) is 0 Å². The minimum Gasteiger partial charge on any atom is -0.508 e. The summed E-state index contributed by atoms with van der Waals surface area (Å²) in [6.07, 6.45) is 1.26. The fraction of sp³-hybridized carbons (Fsp3) is 0.105. The molecular weight excluding hydrogens is 378 g/mol. The number of aromatic nitrogens is 2. The molecule has 0 fully saturated rings. The van der Waals surface area contributed by atoms with Crippen LogP contribution in [-0.4, -0.2) is 37.0 Å². The third kappa shape index (κ3) is 4.75. The molecular formula is C19H17N5O5. The summed E-state index contributed by atoms with van der Waals surface area (Å²) in [6, 6.07) is 12.0. The van der Waals surface area contributed by atoms with Crippen LogP contribution in [-0.2, 0) is 6.54 Å². The number of carbonyl (C=O) groups excluding carboxylic acids is 1. The van der Waals surface area contributed by atoms with Crippen LogP contribution in [0.15, 0.2) is 53.6 Å². The predicted octanol–water partition coefficient (Wildman–Crippen LogP) is 2.32. The number of phenolic OH excluding ortho intramolecular Hbond substituents is 2. The van der Waals surface area contributed by atoms with E-state index in [0.29, 0.717) is 23.4 Å². The van der Waals surface area contributed by atoms with Crippen LogP contribution < -0.4 is 5.43 Å². The summed E-state index contributed by atoms with van der Waals surface area (Å²) < 4.78 is 1.52. The van der Waals surface area contributed by atoms with Crippen LogP contribution in [0, 0.1) is 17.0 Å². The van der Waals surface area contributed by atoms with Gasteiger partial charge >= 0.3 is 5.82 Å². The molecule has 0 saturated heterocycles. The van der Waals surface area contributed by atoms with Crippen LogP contribution in [0.3, 0.4) is 0 Å². The number of hydrogen-bond donors (Lipinski definition) is 3. The van der Waals surface area contributed by atoms with Gasteiger partial charge in [0.15, 0.2) is 0 Å². The number of aryl methyl sites for hydroxylation is 1. The molecule has 3 N–H and O–H groups in total. The van der Waals surface area contributed by atoms with Crippen LogP contribution in [0.2, 0.25) is 0 Å². The highest BCUT2D eigenvalue weighted by molar-refractivity contribution is 5.95. The number of rotatable bonds is 6. The van der Waals surface area contributed by atoms with Crippen molar-refractivity contribution in [3.8, 4) is 11.5 Å². The molecule has 0 aliphatic carbocycles. The van der Waals surface area contributed by atoms with Crippen LogP contribution in [0.4, 0.5) is 5.82 Å². The van der Waals surface area contributed by atoms with E-state index in [1.165, 1.54) is 29.1 Å². The van der Waals surface area contributed by atoms with Crippen molar-refractivity contribution in [1.29, 1.82) is 0 Å². The average molecular weight is 395 g/mol. The highest BCUT2D eigenvalue weighted by Crippen LogP contribution is 2.20. The number of aromatic hydroxyl groups is 2. The quantitative estimate of drug-likeness (QED) is 0.332. The molecule has 3 aromatic rings. The van der Waals surface area contributed by atoms with Crippen molar-refractivity contribution in [3.05, 3.63) is 81.0 Å². The molecule has 148 valence electrons. The van der Waals surface area contributed by atoms with Crippen molar-refractivity contribution in [2.75, 3.05) is 0 Å². The Morgan fingerprint density at radius 2 is 1.97 bits per heavy atom. The van der Waals surface area contributed by atoms with Gasteiger partial charge in [0.2, 0.25) is 0 Å². The lowest BCUT2D eigenvalue weighted by Gasteiger charge is -2.04. The molecule has 10 heteroatoms. The van der Waals surface area contributed by atoms with Gasteiger partial charge in [-0.3, -0.25) is 4.79 Å². The van der Waals surface area contributed by atoms with Gasteiger partial charge in [-0.25, -0.2) is 5.43 Å². The Bertz CT molecular complexity index is 1090. The number of phenols is 2. The van der Waals surface area contributed by atoms with E-state index in [0.717, 1.165) is 11.6 Å². The zero-order chi connectivity index (χ0) is 21.0. The minimum atomic E-state index is -0.546. The molecule has 3 rings (SSSR count). The lowest BCUT2D eigenvalue weighted by atomic mass is 10.1. The van der Waals surface area contributed by atoms with E-state index in [1.807, 2.05) is 0 Å². The van der Waals surface area contributed by atoms with Crippen LogP contribution in [0.5, 0.6) is 11.5 Å². The van der Waals surface area contributed by atoms with Crippen molar-refractivity contribution >= 4 is 17.9 Å². The van der Waals surface area contributed by atoms with Gasteiger partial charge < -0.3 is 20.3 Å². The van der Waals surface area contributed by atoms with E-state index in [-0.39, 0.29) is 17.3 Å². The number of amides is 1. The van der Waals surface area contributed by atoms with Crippen LogP contribution in [0.1, 0.15) is 27.2 Å². The normalized spacial score (nSPS) is 10.9. The summed E-state index contributed by atoms with van der Waals surface area (Å²) in [7, 11) is 0. The lowest BCUT2D eigenvalue weighted by Crippen LogP contribution is -2.17. The van der Waals surface area contributed by atoms with E-state index in [4.69, 9.17) is 0 Å². The maximum atomic E-state index is 12.2. The number of nitrogens with one attached hydrogen (secondary N) is 1. The predicted molar refractivity (Wildman–Crippen MR) is 104 cm³/mol. The second kappa shape index (κ2) is 8.21. The molecule has 29 heavy (non-hydrogen) atoms. The Labute approximate surface area is 164 Å². The van der Waals surface area contributed by atoms with Gasteiger partial charge in [0, 0.05) is 17.2 Å². The Balaban J connectivity index is 1.62. The van der Waals surface area contributed by atoms with E-state index in [2.05, 4.69) is 15.6 Å². The first-order valence-corrected chi connectivity index (χ1v) is 8.46. The zero-order valence-corrected chi connectivity index (χ0v) is 15.3. The fourth-order valence-corrected chi connectivity index (χ4v) is 2.54. The highest BCUT2D eigenvalue weighted by Gasteiger charge is 2.15. The van der Waals surface area contributed by atoms with Gasteiger partial charge in [0.05, 0.1) is 29.6 Å². The largest absolute Gasteiger partial charge is 0.508 e. The van der Waals surface area contributed by atoms with Crippen molar-refractivity contribution < 1.29 is 19.9 Å². The average Bonchev–Trinajstić information content (AvgIpc) is 3.05. The molecule has 0 atom stereocenters. The molecule has 0 radical (unpaired) electrons. The first kappa shape index (κ1) is 19.5. The molecule has 2 aromatic carbocycles. The third-order valence-electron chi connectivity index (χ3n) is 4.09. The first-order chi connectivity index (χ1) is 13.8. The molecule has 1 aromatic heterocycles. The molecule has 1 heterocycles. The summed E-state index contributed by atoms with van der Waals surface area (Å²) >= 11 is 0. The number of nitrogens with zero attached hydrogens (tertiary/aromatic N) is 4. The van der Waals surface area contributed by atoms with Gasteiger partial charge in [-0.1, -0.05) is 12.1 Å². The topological polar surface area (TPSA) is 143 Å². The Morgan fingerprint density at radius 3 is 2.59 bits per heavy atom. The molecule has 0 bridgehead atoms. The summed E-state index contributed by atoms with van der Waals surface area (Å²) in [5.41, 5.74) is 4.53. The van der Waals surface area contributed by atoms with E-state index >= 15 is 0 Å². The second-order valence-electron chi connectivity index (χ2n) is 6.20. The maximum Gasteiger partial charge on any atom is 0.390 e. The molecule has 10 nitrogen and oxygen atoms in total. The van der Waals surface area contributed by atoms with Crippen molar-refractivity contribution in [3.63, 3.8) is 0 Å². The van der Waals surface area contributed by atoms with Crippen LogP contribution >= 0.6 is 0 Å². The van der Waals surface area contributed by atoms with Gasteiger partial charge in [-0.15, -0.1) is 0 Å². The summed E-state index contributed by atoms with van der Waals surface area (Å²) in [5, 5.41) is 37.4. The molecule has 0 aliphatic heterocycles. The minimum absolute atomic E-state index is 0.0799. The highest BCUT2D eigenvalue weighted by atomic mass is 16.6. The van der Waals surface area contributed by atoms with E-state index < -0.39 is 10.8 Å².